The largest absolute Gasteiger partial charge is 0.481 e. The first kappa shape index (κ1) is 12.7. The molecule has 0 aliphatic carbocycles. The minimum Gasteiger partial charge on any atom is -0.481 e. The molecule has 0 aliphatic rings. The number of carbonyl (C=O) groups is 1. The van der Waals surface area contributed by atoms with Crippen LogP contribution in [0.15, 0.2) is 5.11 Å². The molecule has 0 aromatic heterocycles. The lowest BCUT2D eigenvalue weighted by Gasteiger charge is -2.26. The molecule has 0 aromatic rings. The Kier molecular flexibility index (Phi) is 4.40. The van der Waals surface area contributed by atoms with Gasteiger partial charge in [-0.25, -0.2) is 0 Å². The Hall–Kier alpha value is -1.26. The maximum Gasteiger partial charge on any atom is 0.315 e. The molecule has 0 unspecified atom stereocenters. The van der Waals surface area contributed by atoms with E-state index < -0.39 is 23.7 Å². The third-order valence-corrected chi connectivity index (χ3v) is 1.41. The van der Waals surface area contributed by atoms with Crippen LogP contribution in [-0.4, -0.2) is 28.8 Å². The number of hydrogen-bond donors (Lipinski definition) is 1. The van der Waals surface area contributed by atoms with Crippen LogP contribution < -0.4 is 0 Å². The number of hydrogen-bond acceptors (Lipinski definition) is 3. The van der Waals surface area contributed by atoms with E-state index in [4.69, 9.17) is 15.4 Å². The Morgan fingerprint density at radius 3 is 2.36 bits per heavy atom. The van der Waals surface area contributed by atoms with Crippen molar-refractivity contribution in [3.05, 3.63) is 10.4 Å². The average molecular weight is 201 g/mol. The van der Waals surface area contributed by atoms with E-state index in [1.165, 1.54) is 0 Å². The molecular weight excluding hydrogens is 186 g/mol. The van der Waals surface area contributed by atoms with Gasteiger partial charge in [0.05, 0.1) is 11.7 Å². The minimum absolute atomic E-state index is 0.460. The second-order valence-corrected chi connectivity index (χ2v) is 3.92. The minimum atomic E-state index is -1.18. The maximum absolute atomic E-state index is 10.7. The van der Waals surface area contributed by atoms with Crippen molar-refractivity contribution in [1.29, 1.82) is 0 Å². The van der Waals surface area contributed by atoms with Gasteiger partial charge < -0.3 is 9.84 Å². The van der Waals surface area contributed by atoms with Crippen LogP contribution in [0.2, 0.25) is 0 Å². The molecule has 6 heteroatoms. The lowest BCUT2D eigenvalue weighted by molar-refractivity contribution is -0.145. The predicted octanol–water partition coefficient (Wildman–Crippen LogP) is 1.95. The summed E-state index contributed by atoms with van der Waals surface area (Å²) >= 11 is 0. The quantitative estimate of drug-likeness (QED) is 0.427. The molecule has 0 spiro atoms. The van der Waals surface area contributed by atoms with E-state index in [2.05, 4.69) is 10.0 Å². The number of ether oxygens (including phenoxy) is 1. The van der Waals surface area contributed by atoms with E-state index in [0.717, 1.165) is 0 Å². The van der Waals surface area contributed by atoms with Crippen LogP contribution >= 0.6 is 0 Å². The van der Waals surface area contributed by atoms with Crippen molar-refractivity contribution in [2.75, 3.05) is 0 Å². The highest BCUT2D eigenvalue weighted by Crippen LogP contribution is 2.14. The van der Waals surface area contributed by atoms with Crippen LogP contribution in [-0.2, 0) is 9.53 Å². The zero-order valence-electron chi connectivity index (χ0n) is 8.76. The van der Waals surface area contributed by atoms with E-state index in [9.17, 15) is 4.79 Å². The fourth-order valence-electron chi connectivity index (χ4n) is 1.02. The van der Waals surface area contributed by atoms with Gasteiger partial charge in [0, 0.05) is 4.91 Å². The van der Waals surface area contributed by atoms with Crippen molar-refractivity contribution in [3.8, 4) is 0 Å². The fraction of sp³-hybridized carbons (Fsp3) is 0.875. The highest BCUT2D eigenvalue weighted by atomic mass is 16.5. The lowest BCUT2D eigenvalue weighted by atomic mass is 10.1. The highest BCUT2D eigenvalue weighted by Gasteiger charge is 2.27. The van der Waals surface area contributed by atoms with Gasteiger partial charge in [-0.2, -0.15) is 0 Å². The standard InChI is InChI=1S/C8H15N3O3/c1-5(14-8(2,3)4)6(7(12)13)10-11-9/h5-6H,1-4H3,(H,12,13)/t5-,6-/m1/s1. The van der Waals surface area contributed by atoms with Gasteiger partial charge in [-0.05, 0) is 33.2 Å². The van der Waals surface area contributed by atoms with E-state index in [0.29, 0.717) is 0 Å². The van der Waals surface area contributed by atoms with Crippen LogP contribution in [0.4, 0.5) is 0 Å². The molecule has 0 fully saturated rings. The van der Waals surface area contributed by atoms with Gasteiger partial charge in [0.1, 0.15) is 0 Å². The monoisotopic (exact) mass is 201 g/mol. The number of aliphatic carboxylic acids is 1. The first-order valence-electron chi connectivity index (χ1n) is 4.23. The molecule has 0 saturated carbocycles. The van der Waals surface area contributed by atoms with Gasteiger partial charge in [-0.1, -0.05) is 5.11 Å². The van der Waals surface area contributed by atoms with Crippen LogP contribution in [0.1, 0.15) is 27.7 Å². The second kappa shape index (κ2) is 4.83. The summed E-state index contributed by atoms with van der Waals surface area (Å²) in [4.78, 5) is 13.1. The molecule has 0 rings (SSSR count). The van der Waals surface area contributed by atoms with Gasteiger partial charge >= 0.3 is 5.97 Å². The highest BCUT2D eigenvalue weighted by molar-refractivity contribution is 5.74. The zero-order chi connectivity index (χ0) is 11.4. The summed E-state index contributed by atoms with van der Waals surface area (Å²) in [5, 5.41) is 11.9. The Labute approximate surface area is 82.5 Å². The Morgan fingerprint density at radius 1 is 1.57 bits per heavy atom. The molecule has 6 nitrogen and oxygen atoms in total. The van der Waals surface area contributed by atoms with Crippen molar-refractivity contribution < 1.29 is 14.6 Å². The molecule has 0 amide bonds. The Morgan fingerprint density at radius 2 is 2.07 bits per heavy atom. The predicted molar refractivity (Wildman–Crippen MR) is 50.9 cm³/mol. The molecule has 0 saturated heterocycles. The zero-order valence-corrected chi connectivity index (χ0v) is 8.76. The molecule has 0 aromatic carbocycles. The van der Waals surface area contributed by atoms with Crippen LogP contribution in [0.5, 0.6) is 0 Å². The molecule has 14 heavy (non-hydrogen) atoms. The summed E-state index contributed by atoms with van der Waals surface area (Å²) in [7, 11) is 0. The van der Waals surface area contributed by atoms with E-state index in [1.807, 2.05) is 0 Å². The first-order chi connectivity index (χ1) is 6.28. The van der Waals surface area contributed by atoms with E-state index >= 15 is 0 Å². The summed E-state index contributed by atoms with van der Waals surface area (Å²) in [5.74, 6) is -1.18. The number of nitrogens with zero attached hydrogens (tertiary/aromatic N) is 3. The summed E-state index contributed by atoms with van der Waals surface area (Å²) in [6.45, 7) is 6.98. The van der Waals surface area contributed by atoms with Gasteiger partial charge in [-0.3, -0.25) is 4.79 Å². The molecular formula is C8H15N3O3. The smallest absolute Gasteiger partial charge is 0.315 e. The molecule has 1 N–H and O–H groups in total. The summed E-state index contributed by atoms with van der Waals surface area (Å²) in [5.41, 5.74) is 7.71. The van der Waals surface area contributed by atoms with Crippen molar-refractivity contribution in [2.24, 2.45) is 5.11 Å². The average Bonchev–Trinajstić information content (AvgIpc) is 1.95. The number of rotatable bonds is 4. The number of carboxylic acids is 1. The summed E-state index contributed by atoms with van der Waals surface area (Å²) in [6.07, 6.45) is -0.650. The fourth-order valence-corrected chi connectivity index (χ4v) is 1.02. The molecule has 0 bridgehead atoms. The molecule has 0 aliphatic heterocycles. The third kappa shape index (κ3) is 4.69. The van der Waals surface area contributed by atoms with Gasteiger partial charge in [0.2, 0.25) is 0 Å². The van der Waals surface area contributed by atoms with Crippen molar-refractivity contribution in [3.63, 3.8) is 0 Å². The first-order valence-corrected chi connectivity index (χ1v) is 4.23. The molecule has 2 atom stereocenters. The van der Waals surface area contributed by atoms with E-state index in [-0.39, 0.29) is 0 Å². The Bertz CT molecular complexity index is 251. The van der Waals surface area contributed by atoms with Gasteiger partial charge in [0.15, 0.2) is 6.04 Å². The van der Waals surface area contributed by atoms with Crippen LogP contribution in [0, 0.1) is 0 Å². The van der Waals surface area contributed by atoms with E-state index in [1.54, 1.807) is 27.7 Å². The summed E-state index contributed by atoms with van der Waals surface area (Å²) in [6, 6.07) is -1.18. The number of carboxylic acid groups (broad SMARTS) is 1. The maximum atomic E-state index is 10.7. The SMILES string of the molecule is C[C@@H](OC(C)(C)C)[C@@H](N=[N+]=[N-])C(=O)O. The third-order valence-electron chi connectivity index (χ3n) is 1.41. The van der Waals surface area contributed by atoms with Crippen molar-refractivity contribution >= 4 is 5.97 Å². The molecule has 0 heterocycles. The summed E-state index contributed by atoms with van der Waals surface area (Å²) < 4.78 is 5.37. The van der Waals surface area contributed by atoms with Crippen molar-refractivity contribution in [1.82, 2.24) is 0 Å². The van der Waals surface area contributed by atoms with Gasteiger partial charge in [-0.15, -0.1) is 0 Å². The lowest BCUT2D eigenvalue weighted by Crippen LogP contribution is -2.37. The van der Waals surface area contributed by atoms with Crippen LogP contribution in [0.25, 0.3) is 10.4 Å². The van der Waals surface area contributed by atoms with Crippen LogP contribution in [0.3, 0.4) is 0 Å². The normalized spacial score (nSPS) is 15.4. The Balaban J connectivity index is 4.53. The second-order valence-electron chi connectivity index (χ2n) is 3.92. The van der Waals surface area contributed by atoms with Crippen molar-refractivity contribution in [2.45, 2.75) is 45.4 Å². The molecule has 0 radical (unpaired) electrons. The molecule has 80 valence electrons. The number of azide groups is 1. The topological polar surface area (TPSA) is 95.3 Å². The van der Waals surface area contributed by atoms with Gasteiger partial charge in [0.25, 0.3) is 0 Å².